The highest BCUT2D eigenvalue weighted by Crippen LogP contribution is 2.31. The van der Waals surface area contributed by atoms with Crippen molar-refractivity contribution in [2.75, 3.05) is 6.54 Å². The van der Waals surface area contributed by atoms with Crippen LogP contribution in [0.2, 0.25) is 5.02 Å². The molecule has 4 aromatic rings. The van der Waals surface area contributed by atoms with Gasteiger partial charge in [-0.25, -0.2) is 0 Å². The van der Waals surface area contributed by atoms with Gasteiger partial charge in [-0.2, -0.15) is 5.10 Å². The van der Waals surface area contributed by atoms with Gasteiger partial charge < -0.3 is 9.84 Å². The van der Waals surface area contributed by atoms with Crippen molar-refractivity contribution in [1.82, 2.24) is 20.3 Å². The van der Waals surface area contributed by atoms with Gasteiger partial charge in [0.2, 0.25) is 0 Å². The van der Waals surface area contributed by atoms with Crippen LogP contribution in [0.1, 0.15) is 27.0 Å². The minimum absolute atomic E-state index is 0.0946. The number of amides is 1. The molecular weight excluding hydrogens is 396 g/mol. The summed E-state index contributed by atoms with van der Waals surface area (Å²) >= 11 is 7.91. The van der Waals surface area contributed by atoms with Crippen LogP contribution in [0.3, 0.4) is 0 Å². The second-order valence-electron chi connectivity index (χ2n) is 6.17. The normalized spacial score (nSPS) is 12.1. The van der Waals surface area contributed by atoms with Crippen molar-refractivity contribution in [3.05, 3.63) is 81.5 Å². The Morgan fingerprint density at radius 2 is 2.14 bits per heavy atom. The molecule has 3 heterocycles. The molecular formula is C20H17ClN4O2S. The molecule has 1 amide bonds. The van der Waals surface area contributed by atoms with Crippen molar-refractivity contribution in [2.45, 2.75) is 13.0 Å². The van der Waals surface area contributed by atoms with Gasteiger partial charge in [0, 0.05) is 29.4 Å². The number of nitrogens with one attached hydrogen (secondary N) is 1. The summed E-state index contributed by atoms with van der Waals surface area (Å²) in [6.07, 6.45) is 3.61. The molecule has 0 radical (unpaired) electrons. The maximum atomic E-state index is 13.0. The topological polar surface area (TPSA) is 73.0 Å². The number of rotatable bonds is 6. The third-order valence-corrected chi connectivity index (χ3v) is 5.69. The highest BCUT2D eigenvalue weighted by molar-refractivity contribution is 7.10. The molecule has 1 unspecified atom stereocenters. The fraction of sp³-hybridized carbons (Fsp3) is 0.150. The van der Waals surface area contributed by atoms with Gasteiger partial charge >= 0.3 is 0 Å². The Labute approximate surface area is 170 Å². The van der Waals surface area contributed by atoms with Crippen LogP contribution in [-0.4, -0.2) is 27.4 Å². The standard InChI is InChI=1S/C20H17ClN4O2S/c1-13-18(19(24-27-13)14-6-2-3-7-15(14)21)20(26)22-12-16(17-8-4-11-28-17)25-10-5-9-23-25/h2-11,16H,12H2,1H3,(H,22,26). The molecule has 3 aromatic heterocycles. The van der Waals surface area contributed by atoms with E-state index in [1.807, 2.05) is 52.7 Å². The molecule has 0 bridgehead atoms. The van der Waals surface area contributed by atoms with E-state index in [2.05, 4.69) is 15.6 Å². The van der Waals surface area contributed by atoms with E-state index in [-0.39, 0.29) is 11.9 Å². The summed E-state index contributed by atoms with van der Waals surface area (Å²) in [7, 11) is 0. The fourth-order valence-corrected chi connectivity index (χ4v) is 4.07. The molecule has 142 valence electrons. The van der Waals surface area contributed by atoms with Crippen LogP contribution >= 0.6 is 22.9 Å². The number of carbonyl (C=O) groups excluding carboxylic acids is 1. The Morgan fingerprint density at radius 1 is 1.29 bits per heavy atom. The Hall–Kier alpha value is -2.90. The Bertz CT molecular complexity index is 1040. The van der Waals surface area contributed by atoms with E-state index in [0.29, 0.717) is 34.1 Å². The van der Waals surface area contributed by atoms with E-state index in [4.69, 9.17) is 16.1 Å². The number of nitrogens with zero attached hydrogens (tertiary/aromatic N) is 3. The monoisotopic (exact) mass is 412 g/mol. The van der Waals surface area contributed by atoms with Crippen LogP contribution in [0.25, 0.3) is 11.3 Å². The zero-order valence-electron chi connectivity index (χ0n) is 15.0. The molecule has 8 heteroatoms. The van der Waals surface area contributed by atoms with Crippen molar-refractivity contribution >= 4 is 28.8 Å². The molecule has 1 aromatic carbocycles. The largest absolute Gasteiger partial charge is 0.360 e. The summed E-state index contributed by atoms with van der Waals surface area (Å²) in [6.45, 7) is 2.10. The van der Waals surface area contributed by atoms with E-state index >= 15 is 0 Å². The Morgan fingerprint density at radius 3 is 2.86 bits per heavy atom. The lowest BCUT2D eigenvalue weighted by atomic mass is 10.1. The molecule has 0 saturated carbocycles. The SMILES string of the molecule is Cc1onc(-c2ccccc2Cl)c1C(=O)NCC(c1cccs1)n1cccn1. The quantitative estimate of drug-likeness (QED) is 0.503. The minimum Gasteiger partial charge on any atom is -0.360 e. The fourth-order valence-electron chi connectivity index (χ4n) is 3.02. The molecule has 28 heavy (non-hydrogen) atoms. The lowest BCUT2D eigenvalue weighted by Crippen LogP contribution is -2.31. The van der Waals surface area contributed by atoms with Gasteiger partial charge in [0.25, 0.3) is 5.91 Å². The zero-order valence-corrected chi connectivity index (χ0v) is 16.6. The second kappa shape index (κ2) is 8.00. The van der Waals surface area contributed by atoms with E-state index in [1.54, 1.807) is 30.5 Å². The Kier molecular flexibility index (Phi) is 5.27. The molecule has 0 fully saturated rings. The van der Waals surface area contributed by atoms with E-state index in [9.17, 15) is 4.79 Å². The first-order chi connectivity index (χ1) is 13.6. The first-order valence-corrected chi connectivity index (χ1v) is 9.93. The molecule has 4 rings (SSSR count). The van der Waals surface area contributed by atoms with Gasteiger partial charge in [-0.3, -0.25) is 9.48 Å². The van der Waals surface area contributed by atoms with Crippen LogP contribution in [0, 0.1) is 6.92 Å². The highest BCUT2D eigenvalue weighted by atomic mass is 35.5. The van der Waals surface area contributed by atoms with E-state index in [0.717, 1.165) is 4.88 Å². The smallest absolute Gasteiger partial charge is 0.257 e. The van der Waals surface area contributed by atoms with Crippen molar-refractivity contribution in [3.63, 3.8) is 0 Å². The summed E-state index contributed by atoms with van der Waals surface area (Å²) in [5, 5.41) is 13.9. The lowest BCUT2D eigenvalue weighted by Gasteiger charge is -2.17. The van der Waals surface area contributed by atoms with Crippen LogP contribution in [-0.2, 0) is 0 Å². The van der Waals surface area contributed by atoms with Gasteiger partial charge in [0.1, 0.15) is 23.1 Å². The first kappa shape index (κ1) is 18.5. The van der Waals surface area contributed by atoms with Gasteiger partial charge in [0.15, 0.2) is 0 Å². The van der Waals surface area contributed by atoms with Gasteiger partial charge in [-0.1, -0.05) is 41.0 Å². The summed E-state index contributed by atoms with van der Waals surface area (Å²) in [4.78, 5) is 14.1. The van der Waals surface area contributed by atoms with Gasteiger partial charge in [0.05, 0.1) is 5.02 Å². The maximum absolute atomic E-state index is 13.0. The molecule has 0 saturated heterocycles. The van der Waals surface area contributed by atoms with Crippen molar-refractivity contribution in [2.24, 2.45) is 0 Å². The van der Waals surface area contributed by atoms with E-state index in [1.165, 1.54) is 0 Å². The average Bonchev–Trinajstić information content (AvgIpc) is 3.44. The summed E-state index contributed by atoms with van der Waals surface area (Å²) in [5.41, 5.74) is 1.49. The summed E-state index contributed by atoms with van der Waals surface area (Å²) in [5.74, 6) is 0.182. The van der Waals surface area contributed by atoms with Crippen molar-refractivity contribution in [1.29, 1.82) is 0 Å². The molecule has 1 N–H and O–H groups in total. The minimum atomic E-state index is -0.262. The third kappa shape index (κ3) is 3.58. The predicted molar refractivity (Wildman–Crippen MR) is 109 cm³/mol. The number of halogens is 1. The molecule has 0 spiro atoms. The van der Waals surface area contributed by atoms with E-state index < -0.39 is 0 Å². The molecule has 6 nitrogen and oxygen atoms in total. The molecule has 0 aliphatic rings. The molecule has 1 atom stereocenters. The van der Waals surface area contributed by atoms with Crippen LogP contribution in [0.5, 0.6) is 0 Å². The van der Waals surface area contributed by atoms with Crippen LogP contribution in [0.4, 0.5) is 0 Å². The predicted octanol–water partition coefficient (Wildman–Crippen LogP) is 4.58. The Balaban J connectivity index is 1.59. The maximum Gasteiger partial charge on any atom is 0.257 e. The molecule has 0 aliphatic carbocycles. The number of aromatic nitrogens is 3. The average molecular weight is 413 g/mol. The zero-order chi connectivity index (χ0) is 19.5. The van der Waals surface area contributed by atoms with Crippen molar-refractivity contribution in [3.8, 4) is 11.3 Å². The first-order valence-electron chi connectivity index (χ1n) is 8.67. The second-order valence-corrected chi connectivity index (χ2v) is 7.56. The summed E-state index contributed by atoms with van der Waals surface area (Å²) < 4.78 is 7.13. The number of hydrogen-bond donors (Lipinski definition) is 1. The van der Waals surface area contributed by atoms with Crippen molar-refractivity contribution < 1.29 is 9.32 Å². The number of thiophene rings is 1. The lowest BCUT2D eigenvalue weighted by molar-refractivity contribution is 0.0948. The summed E-state index contributed by atoms with van der Waals surface area (Å²) in [6, 6.07) is 13.0. The number of hydrogen-bond acceptors (Lipinski definition) is 5. The number of carbonyl (C=O) groups is 1. The van der Waals surface area contributed by atoms with Crippen LogP contribution in [0.15, 0.2) is 64.8 Å². The third-order valence-electron chi connectivity index (χ3n) is 4.39. The number of benzene rings is 1. The van der Waals surface area contributed by atoms with Crippen LogP contribution < -0.4 is 5.32 Å². The van der Waals surface area contributed by atoms with Gasteiger partial charge in [-0.15, -0.1) is 11.3 Å². The van der Waals surface area contributed by atoms with Gasteiger partial charge in [-0.05, 0) is 30.5 Å². The number of aryl methyl sites for hydroxylation is 1. The molecule has 0 aliphatic heterocycles. The highest BCUT2D eigenvalue weighted by Gasteiger charge is 2.24.